The summed E-state index contributed by atoms with van der Waals surface area (Å²) in [4.78, 5) is 12.5. The van der Waals surface area contributed by atoms with Crippen LogP contribution in [-0.2, 0) is 9.53 Å². The first-order valence-electron chi connectivity index (χ1n) is 10.7. The predicted molar refractivity (Wildman–Crippen MR) is 101 cm³/mol. The molecule has 3 fully saturated rings. The molecule has 0 aliphatic heterocycles. The van der Waals surface area contributed by atoms with E-state index in [1.165, 1.54) is 5.57 Å². The molecular formula is C22H34O5. The summed E-state index contributed by atoms with van der Waals surface area (Å²) < 4.78 is 5.35. The van der Waals surface area contributed by atoms with Gasteiger partial charge in [-0.05, 0) is 63.7 Å². The lowest BCUT2D eigenvalue weighted by atomic mass is 9.44. The number of aliphatic hydroxyl groups is 3. The highest BCUT2D eigenvalue weighted by Crippen LogP contribution is 2.67. The largest absolute Gasteiger partial charge is 0.466 e. The topological polar surface area (TPSA) is 87.0 Å². The Morgan fingerprint density at radius 1 is 1.26 bits per heavy atom. The predicted octanol–water partition coefficient (Wildman–Crippen LogP) is 2.58. The minimum Gasteiger partial charge on any atom is -0.466 e. The summed E-state index contributed by atoms with van der Waals surface area (Å²) in [5.74, 6) is 0.335. The zero-order valence-corrected chi connectivity index (χ0v) is 16.6. The highest BCUT2D eigenvalue weighted by molar-refractivity contribution is 5.75. The summed E-state index contributed by atoms with van der Waals surface area (Å²) in [6, 6.07) is 0. The van der Waals surface area contributed by atoms with Crippen molar-refractivity contribution < 1.29 is 24.9 Å². The van der Waals surface area contributed by atoms with E-state index in [1.54, 1.807) is 0 Å². The maximum atomic E-state index is 12.5. The summed E-state index contributed by atoms with van der Waals surface area (Å²) in [6.07, 6.45) is 7.50. The van der Waals surface area contributed by atoms with E-state index in [1.807, 2.05) is 6.92 Å². The van der Waals surface area contributed by atoms with Gasteiger partial charge in [-0.15, -0.1) is 0 Å². The molecule has 7 atom stereocenters. The highest BCUT2D eigenvalue weighted by atomic mass is 16.5. The molecule has 3 saturated carbocycles. The molecule has 152 valence electrons. The molecule has 0 saturated heterocycles. The quantitative estimate of drug-likeness (QED) is 0.519. The van der Waals surface area contributed by atoms with Crippen LogP contribution in [0.3, 0.4) is 0 Å². The Labute approximate surface area is 161 Å². The van der Waals surface area contributed by atoms with Crippen molar-refractivity contribution in [2.75, 3.05) is 13.2 Å². The molecule has 0 spiro atoms. The molecule has 0 heterocycles. The lowest BCUT2D eigenvalue weighted by Crippen LogP contribution is -2.64. The van der Waals surface area contributed by atoms with Gasteiger partial charge in [-0.1, -0.05) is 18.6 Å². The van der Waals surface area contributed by atoms with Crippen molar-refractivity contribution in [2.45, 2.75) is 76.9 Å². The fourth-order valence-corrected chi connectivity index (χ4v) is 7.29. The Kier molecular flexibility index (Phi) is 4.72. The van der Waals surface area contributed by atoms with E-state index in [0.29, 0.717) is 38.2 Å². The number of fused-ring (bicyclic) bond motifs is 5. The number of hydrogen-bond donors (Lipinski definition) is 3. The molecule has 0 bridgehead atoms. The van der Waals surface area contributed by atoms with Crippen molar-refractivity contribution in [1.29, 1.82) is 0 Å². The smallest absolute Gasteiger partial charge is 0.310 e. The molecule has 0 aromatic carbocycles. The van der Waals surface area contributed by atoms with Crippen molar-refractivity contribution in [3.63, 3.8) is 0 Å². The second-order valence-corrected chi connectivity index (χ2v) is 9.65. The number of rotatable bonds is 3. The van der Waals surface area contributed by atoms with Crippen LogP contribution >= 0.6 is 0 Å². The fraction of sp³-hybridized carbons (Fsp3) is 0.864. The van der Waals surface area contributed by atoms with Crippen molar-refractivity contribution >= 4 is 5.97 Å². The Bertz CT molecular complexity index is 645. The minimum atomic E-state index is -0.978. The number of hydrogen-bond acceptors (Lipinski definition) is 5. The number of esters is 1. The normalized spacial score (nSPS) is 48.9. The first-order valence-corrected chi connectivity index (χ1v) is 10.7. The maximum absolute atomic E-state index is 12.5. The van der Waals surface area contributed by atoms with E-state index in [9.17, 15) is 20.1 Å². The fourth-order valence-electron chi connectivity index (χ4n) is 7.29. The van der Waals surface area contributed by atoms with Gasteiger partial charge in [-0.2, -0.15) is 0 Å². The summed E-state index contributed by atoms with van der Waals surface area (Å²) >= 11 is 0. The molecule has 0 unspecified atom stereocenters. The second kappa shape index (κ2) is 6.57. The maximum Gasteiger partial charge on any atom is 0.310 e. The Morgan fingerprint density at radius 2 is 2.04 bits per heavy atom. The monoisotopic (exact) mass is 378 g/mol. The van der Waals surface area contributed by atoms with E-state index in [2.05, 4.69) is 13.0 Å². The van der Waals surface area contributed by atoms with Crippen LogP contribution < -0.4 is 0 Å². The molecule has 4 rings (SSSR count). The van der Waals surface area contributed by atoms with Crippen LogP contribution in [0.4, 0.5) is 0 Å². The molecule has 0 aromatic rings. The average molecular weight is 379 g/mol. The van der Waals surface area contributed by atoms with Gasteiger partial charge in [0.1, 0.15) is 0 Å². The third-order valence-electron chi connectivity index (χ3n) is 8.72. The van der Waals surface area contributed by atoms with Crippen LogP contribution in [0.25, 0.3) is 0 Å². The molecule has 4 aliphatic carbocycles. The number of carbonyl (C=O) groups excluding carboxylic acids is 1. The van der Waals surface area contributed by atoms with Gasteiger partial charge < -0.3 is 20.1 Å². The molecule has 5 nitrogen and oxygen atoms in total. The number of aliphatic hydroxyl groups excluding tert-OH is 2. The highest BCUT2D eigenvalue weighted by Gasteiger charge is 2.65. The van der Waals surface area contributed by atoms with Gasteiger partial charge in [0, 0.05) is 17.3 Å². The van der Waals surface area contributed by atoms with E-state index in [-0.39, 0.29) is 29.8 Å². The van der Waals surface area contributed by atoms with Crippen LogP contribution in [0.1, 0.15) is 65.2 Å². The van der Waals surface area contributed by atoms with Crippen molar-refractivity contribution in [3.05, 3.63) is 11.6 Å². The van der Waals surface area contributed by atoms with E-state index < -0.39 is 17.1 Å². The minimum absolute atomic E-state index is 0.0251. The molecule has 0 amide bonds. The number of ether oxygens (including phenoxy) is 1. The average Bonchev–Trinajstić information content (AvgIpc) is 2.98. The Balaban J connectivity index is 1.65. The Hall–Kier alpha value is -0.910. The number of allylic oxidation sites excluding steroid dienone is 2. The summed E-state index contributed by atoms with van der Waals surface area (Å²) in [6.45, 7) is 4.45. The first kappa shape index (κ1) is 19.4. The Morgan fingerprint density at radius 3 is 2.74 bits per heavy atom. The number of carbonyl (C=O) groups is 1. The van der Waals surface area contributed by atoms with Gasteiger partial charge in [-0.25, -0.2) is 0 Å². The molecule has 4 aliphatic rings. The van der Waals surface area contributed by atoms with Gasteiger partial charge >= 0.3 is 5.97 Å². The lowest BCUT2D eigenvalue weighted by Gasteiger charge is -2.63. The van der Waals surface area contributed by atoms with Gasteiger partial charge in [0.25, 0.3) is 0 Å². The molecule has 3 N–H and O–H groups in total. The summed E-state index contributed by atoms with van der Waals surface area (Å²) in [5, 5.41) is 32.1. The zero-order valence-electron chi connectivity index (χ0n) is 16.6. The van der Waals surface area contributed by atoms with Gasteiger partial charge in [0.15, 0.2) is 0 Å². The van der Waals surface area contributed by atoms with Gasteiger partial charge in [0.2, 0.25) is 0 Å². The lowest BCUT2D eigenvalue weighted by molar-refractivity contribution is -0.224. The van der Waals surface area contributed by atoms with Crippen LogP contribution in [0, 0.1) is 28.6 Å². The van der Waals surface area contributed by atoms with Gasteiger partial charge in [0.05, 0.1) is 30.8 Å². The SMILES string of the molecule is CCOC(=O)[C@@H]1CC=C2[C@@H]3CC[C@]4(O)C[C@H](O)CC[C@]4(CO)[C@H]3CC[C@]21C. The van der Waals surface area contributed by atoms with E-state index in [0.717, 1.165) is 25.7 Å². The molecule has 0 radical (unpaired) electrons. The van der Waals surface area contributed by atoms with Crippen LogP contribution in [0.2, 0.25) is 0 Å². The third kappa shape index (κ3) is 2.57. The molecule has 5 heteroatoms. The molecule has 0 aromatic heterocycles. The standard InChI is InChI=1S/C22H34O5/c1-3-27-19(25)18-5-4-16-15-7-11-22(26)12-14(24)6-10-21(22,13-23)17(15)8-9-20(16,18)2/h4,14-15,17-18,23-24,26H,3,5-13H2,1-2H3/t14-,15+,17+,18+,20-,21+,22+/m1/s1. The third-order valence-corrected chi connectivity index (χ3v) is 8.72. The first-order chi connectivity index (χ1) is 12.8. The van der Waals surface area contributed by atoms with Crippen LogP contribution in [0.15, 0.2) is 11.6 Å². The van der Waals surface area contributed by atoms with Crippen LogP contribution in [0.5, 0.6) is 0 Å². The second-order valence-electron chi connectivity index (χ2n) is 9.65. The molecular weight excluding hydrogens is 344 g/mol. The van der Waals surface area contributed by atoms with E-state index >= 15 is 0 Å². The summed E-state index contributed by atoms with van der Waals surface area (Å²) in [7, 11) is 0. The van der Waals surface area contributed by atoms with Gasteiger partial charge in [-0.3, -0.25) is 4.79 Å². The van der Waals surface area contributed by atoms with Crippen molar-refractivity contribution in [2.24, 2.45) is 28.6 Å². The zero-order chi connectivity index (χ0) is 19.4. The van der Waals surface area contributed by atoms with Crippen molar-refractivity contribution in [1.82, 2.24) is 0 Å². The molecule has 27 heavy (non-hydrogen) atoms. The summed E-state index contributed by atoms with van der Waals surface area (Å²) in [5.41, 5.74) is -0.307. The van der Waals surface area contributed by atoms with Crippen molar-refractivity contribution in [3.8, 4) is 0 Å². The van der Waals surface area contributed by atoms with Crippen LogP contribution in [-0.4, -0.2) is 46.2 Å². The van der Waals surface area contributed by atoms with E-state index in [4.69, 9.17) is 4.74 Å².